The average molecular weight is 291 g/mol. The molecule has 0 aromatic carbocycles. The summed E-state index contributed by atoms with van der Waals surface area (Å²) in [6.07, 6.45) is 2.71. The monoisotopic (exact) mass is 291 g/mol. The van der Waals surface area contributed by atoms with Gasteiger partial charge in [-0.15, -0.1) is 11.3 Å². The highest BCUT2D eigenvalue weighted by atomic mass is 32.2. The SMILES string of the molecule is CN(CCCO)S(=O)(=O)Nc1nc(C2CC2)cs1. The van der Waals surface area contributed by atoms with Crippen molar-refractivity contribution in [3.05, 3.63) is 11.1 Å². The fraction of sp³-hybridized carbons (Fsp3) is 0.700. The van der Waals surface area contributed by atoms with Gasteiger partial charge >= 0.3 is 10.2 Å². The van der Waals surface area contributed by atoms with Gasteiger partial charge < -0.3 is 5.11 Å². The number of aliphatic hydroxyl groups excluding tert-OH is 1. The van der Waals surface area contributed by atoms with Gasteiger partial charge in [-0.1, -0.05) is 0 Å². The molecule has 1 aromatic heterocycles. The molecular formula is C10H17N3O3S2. The fourth-order valence-corrected chi connectivity index (χ4v) is 3.44. The number of aliphatic hydroxyl groups is 1. The maximum absolute atomic E-state index is 11.9. The topological polar surface area (TPSA) is 82.5 Å². The molecule has 0 bridgehead atoms. The molecule has 8 heteroatoms. The summed E-state index contributed by atoms with van der Waals surface area (Å²) in [5, 5.41) is 11.0. The first-order chi connectivity index (χ1) is 8.53. The molecule has 1 aromatic rings. The van der Waals surface area contributed by atoms with E-state index in [1.165, 1.54) is 22.7 Å². The van der Waals surface area contributed by atoms with Crippen LogP contribution in [0, 0.1) is 0 Å². The van der Waals surface area contributed by atoms with Gasteiger partial charge in [-0.2, -0.15) is 12.7 Å². The highest BCUT2D eigenvalue weighted by Crippen LogP contribution is 2.40. The lowest BCUT2D eigenvalue weighted by Crippen LogP contribution is -2.33. The Bertz CT molecular complexity index is 496. The largest absolute Gasteiger partial charge is 0.396 e. The molecule has 0 radical (unpaired) electrons. The second kappa shape index (κ2) is 5.52. The van der Waals surface area contributed by atoms with Crippen LogP contribution in [0.15, 0.2) is 5.38 Å². The third-order valence-corrected chi connectivity index (χ3v) is 5.13. The fourth-order valence-electron chi connectivity index (χ4n) is 1.50. The minimum Gasteiger partial charge on any atom is -0.396 e. The molecule has 2 rings (SSSR count). The number of thiazole rings is 1. The molecule has 102 valence electrons. The summed E-state index contributed by atoms with van der Waals surface area (Å²) < 4.78 is 27.4. The van der Waals surface area contributed by atoms with Gasteiger partial charge in [-0.05, 0) is 19.3 Å². The quantitative estimate of drug-likeness (QED) is 0.785. The lowest BCUT2D eigenvalue weighted by Gasteiger charge is -2.16. The first-order valence-electron chi connectivity index (χ1n) is 5.83. The molecule has 0 atom stereocenters. The van der Waals surface area contributed by atoms with Gasteiger partial charge in [0.05, 0.1) is 5.69 Å². The Balaban J connectivity index is 1.97. The predicted molar refractivity (Wildman–Crippen MR) is 71.0 cm³/mol. The van der Waals surface area contributed by atoms with E-state index in [4.69, 9.17) is 5.11 Å². The van der Waals surface area contributed by atoms with Crippen molar-refractivity contribution in [1.29, 1.82) is 0 Å². The maximum Gasteiger partial charge on any atom is 0.303 e. The summed E-state index contributed by atoms with van der Waals surface area (Å²) in [5.74, 6) is 0.520. The first kappa shape index (κ1) is 13.7. The van der Waals surface area contributed by atoms with E-state index in [-0.39, 0.29) is 13.2 Å². The van der Waals surface area contributed by atoms with Crippen LogP contribution in [0.3, 0.4) is 0 Å². The lowest BCUT2D eigenvalue weighted by molar-refractivity contribution is 0.276. The Morgan fingerprint density at radius 2 is 2.33 bits per heavy atom. The number of hydrogen-bond donors (Lipinski definition) is 2. The third kappa shape index (κ3) is 3.41. The van der Waals surface area contributed by atoms with Gasteiger partial charge in [0.2, 0.25) is 0 Å². The van der Waals surface area contributed by atoms with Gasteiger partial charge in [-0.3, -0.25) is 0 Å². The van der Waals surface area contributed by atoms with E-state index in [9.17, 15) is 8.42 Å². The molecule has 0 spiro atoms. The number of nitrogens with one attached hydrogen (secondary N) is 1. The first-order valence-corrected chi connectivity index (χ1v) is 8.15. The van der Waals surface area contributed by atoms with Crippen LogP contribution >= 0.6 is 11.3 Å². The van der Waals surface area contributed by atoms with Crippen LogP contribution in [0.1, 0.15) is 30.9 Å². The Hall–Kier alpha value is -0.700. The van der Waals surface area contributed by atoms with E-state index in [1.807, 2.05) is 5.38 Å². The summed E-state index contributed by atoms with van der Waals surface area (Å²) in [7, 11) is -2.08. The van der Waals surface area contributed by atoms with Crippen LogP contribution < -0.4 is 4.72 Å². The number of anilines is 1. The second-order valence-corrected chi connectivity index (χ2v) is 6.99. The van der Waals surface area contributed by atoms with Crippen molar-refractivity contribution in [2.24, 2.45) is 0 Å². The Kier molecular flexibility index (Phi) is 4.21. The minimum atomic E-state index is -3.56. The van der Waals surface area contributed by atoms with Crippen LogP contribution in [-0.2, 0) is 10.2 Å². The zero-order valence-electron chi connectivity index (χ0n) is 10.2. The molecule has 1 fully saturated rings. The maximum atomic E-state index is 11.9. The molecule has 0 saturated heterocycles. The van der Waals surface area contributed by atoms with E-state index in [0.717, 1.165) is 18.5 Å². The number of aromatic nitrogens is 1. The summed E-state index contributed by atoms with van der Waals surface area (Å²) >= 11 is 1.31. The lowest BCUT2D eigenvalue weighted by atomic mass is 10.3. The molecule has 1 saturated carbocycles. The summed E-state index contributed by atoms with van der Waals surface area (Å²) in [6, 6.07) is 0. The van der Waals surface area contributed by atoms with Crippen LogP contribution in [-0.4, -0.2) is 43.0 Å². The van der Waals surface area contributed by atoms with Crippen LogP contribution in [0.25, 0.3) is 0 Å². The van der Waals surface area contributed by atoms with Crippen LogP contribution in [0.4, 0.5) is 5.13 Å². The molecule has 0 unspecified atom stereocenters. The molecular weight excluding hydrogens is 274 g/mol. The Morgan fingerprint density at radius 3 is 2.94 bits per heavy atom. The van der Waals surface area contributed by atoms with Gasteiger partial charge in [0.15, 0.2) is 5.13 Å². The smallest absolute Gasteiger partial charge is 0.303 e. The molecule has 1 aliphatic carbocycles. The van der Waals surface area contributed by atoms with E-state index < -0.39 is 10.2 Å². The van der Waals surface area contributed by atoms with Gasteiger partial charge in [0, 0.05) is 31.5 Å². The van der Waals surface area contributed by atoms with Crippen LogP contribution in [0.5, 0.6) is 0 Å². The van der Waals surface area contributed by atoms with E-state index >= 15 is 0 Å². The molecule has 0 aliphatic heterocycles. The number of hydrogen-bond acceptors (Lipinski definition) is 5. The van der Waals surface area contributed by atoms with Crippen molar-refractivity contribution >= 4 is 26.7 Å². The summed E-state index contributed by atoms with van der Waals surface area (Å²) in [6.45, 7) is 0.260. The molecule has 1 aliphatic rings. The molecule has 2 N–H and O–H groups in total. The van der Waals surface area contributed by atoms with Gasteiger partial charge in [0.25, 0.3) is 0 Å². The Morgan fingerprint density at radius 1 is 1.61 bits per heavy atom. The van der Waals surface area contributed by atoms with Crippen molar-refractivity contribution in [2.75, 3.05) is 24.9 Å². The number of rotatable bonds is 7. The molecule has 18 heavy (non-hydrogen) atoms. The predicted octanol–water partition coefficient (Wildman–Crippen LogP) is 0.991. The van der Waals surface area contributed by atoms with Gasteiger partial charge in [-0.25, -0.2) is 9.71 Å². The molecule has 0 amide bonds. The van der Waals surface area contributed by atoms with Crippen molar-refractivity contribution in [3.8, 4) is 0 Å². The summed E-state index contributed by atoms with van der Waals surface area (Å²) in [5.41, 5.74) is 0.982. The zero-order chi connectivity index (χ0) is 13.2. The number of nitrogens with zero attached hydrogens (tertiary/aromatic N) is 2. The van der Waals surface area contributed by atoms with E-state index in [1.54, 1.807) is 0 Å². The van der Waals surface area contributed by atoms with Crippen molar-refractivity contribution < 1.29 is 13.5 Å². The standard InChI is InChI=1S/C10H17N3O3S2/c1-13(5-2-6-14)18(15,16)12-10-11-9(7-17-10)8-3-4-8/h7-8,14H,2-6H2,1H3,(H,11,12). The van der Waals surface area contributed by atoms with E-state index in [0.29, 0.717) is 17.5 Å². The van der Waals surface area contributed by atoms with E-state index in [2.05, 4.69) is 9.71 Å². The molecule has 1 heterocycles. The highest BCUT2D eigenvalue weighted by molar-refractivity contribution is 7.90. The second-order valence-electron chi connectivity index (χ2n) is 4.36. The minimum absolute atomic E-state index is 0.0249. The highest BCUT2D eigenvalue weighted by Gasteiger charge is 2.27. The normalized spacial score (nSPS) is 16.2. The van der Waals surface area contributed by atoms with Crippen LogP contribution in [0.2, 0.25) is 0 Å². The molecule has 6 nitrogen and oxygen atoms in total. The zero-order valence-corrected chi connectivity index (χ0v) is 11.8. The van der Waals surface area contributed by atoms with Crippen molar-refractivity contribution in [3.63, 3.8) is 0 Å². The van der Waals surface area contributed by atoms with Crippen molar-refractivity contribution in [1.82, 2.24) is 9.29 Å². The Labute approximate surface area is 111 Å². The van der Waals surface area contributed by atoms with Crippen molar-refractivity contribution in [2.45, 2.75) is 25.2 Å². The third-order valence-electron chi connectivity index (χ3n) is 2.78. The van der Waals surface area contributed by atoms with Gasteiger partial charge in [0.1, 0.15) is 0 Å². The summed E-state index contributed by atoms with van der Waals surface area (Å²) in [4.78, 5) is 4.27. The average Bonchev–Trinajstić information content (AvgIpc) is 3.07.